The average molecular weight is 243 g/mol. The molecule has 0 N–H and O–H groups in total. The Morgan fingerprint density at radius 2 is 2.06 bits per heavy atom. The van der Waals surface area contributed by atoms with Crippen molar-refractivity contribution in [2.24, 2.45) is 0 Å². The van der Waals surface area contributed by atoms with E-state index in [0.717, 1.165) is 13.1 Å². The van der Waals surface area contributed by atoms with Gasteiger partial charge in [0.1, 0.15) is 0 Å². The van der Waals surface area contributed by atoms with Crippen LogP contribution < -0.4 is 0 Å². The van der Waals surface area contributed by atoms with Gasteiger partial charge in [0, 0.05) is 13.1 Å². The quantitative estimate of drug-likeness (QED) is 0.731. The first-order valence-electron chi connectivity index (χ1n) is 5.94. The molecule has 94 valence electrons. The molecule has 0 aliphatic heterocycles. The van der Waals surface area contributed by atoms with E-state index in [-0.39, 0.29) is 0 Å². The lowest BCUT2D eigenvalue weighted by molar-refractivity contribution is 0.239. The lowest BCUT2D eigenvalue weighted by Gasteiger charge is -2.18. The van der Waals surface area contributed by atoms with Gasteiger partial charge in [0.05, 0.1) is 6.54 Å². The van der Waals surface area contributed by atoms with Gasteiger partial charge in [0.15, 0.2) is 5.82 Å². The minimum atomic E-state index is 0.641. The zero-order valence-electron chi connectivity index (χ0n) is 10.5. The molecule has 4 nitrogen and oxygen atoms in total. The van der Waals surface area contributed by atoms with E-state index in [4.69, 9.17) is 4.52 Å². The standard InChI is InChI=1S/C14H17N3O/c1-3-9-17(10-13-7-5-4-6-8-13)11-14-15-12(2)16-18-14/h3-8H,1,9-11H2,2H3. The van der Waals surface area contributed by atoms with E-state index in [9.17, 15) is 0 Å². The van der Waals surface area contributed by atoms with Gasteiger partial charge in [-0.05, 0) is 12.5 Å². The summed E-state index contributed by atoms with van der Waals surface area (Å²) >= 11 is 0. The van der Waals surface area contributed by atoms with Gasteiger partial charge in [-0.1, -0.05) is 41.6 Å². The lowest BCUT2D eigenvalue weighted by Crippen LogP contribution is -2.23. The fraction of sp³-hybridized carbons (Fsp3) is 0.286. The highest BCUT2D eigenvalue weighted by atomic mass is 16.5. The summed E-state index contributed by atoms with van der Waals surface area (Å²) in [5, 5.41) is 3.80. The highest BCUT2D eigenvalue weighted by Crippen LogP contribution is 2.08. The fourth-order valence-corrected chi connectivity index (χ4v) is 1.80. The summed E-state index contributed by atoms with van der Waals surface area (Å²) in [7, 11) is 0. The van der Waals surface area contributed by atoms with Crippen molar-refractivity contribution < 1.29 is 4.52 Å². The topological polar surface area (TPSA) is 42.2 Å². The number of rotatable bonds is 6. The zero-order chi connectivity index (χ0) is 12.8. The average Bonchev–Trinajstić information content (AvgIpc) is 2.76. The summed E-state index contributed by atoms with van der Waals surface area (Å²) in [5.41, 5.74) is 1.26. The van der Waals surface area contributed by atoms with E-state index >= 15 is 0 Å². The number of aromatic nitrogens is 2. The van der Waals surface area contributed by atoms with Crippen LogP contribution in [-0.4, -0.2) is 21.6 Å². The molecule has 2 rings (SSSR count). The normalized spacial score (nSPS) is 10.8. The fourth-order valence-electron chi connectivity index (χ4n) is 1.80. The van der Waals surface area contributed by atoms with Crippen molar-refractivity contribution in [2.45, 2.75) is 20.0 Å². The van der Waals surface area contributed by atoms with Crippen molar-refractivity contribution >= 4 is 0 Å². The van der Waals surface area contributed by atoms with Crippen LogP contribution in [-0.2, 0) is 13.1 Å². The number of aryl methyl sites for hydroxylation is 1. The van der Waals surface area contributed by atoms with Crippen molar-refractivity contribution in [3.05, 3.63) is 60.3 Å². The van der Waals surface area contributed by atoms with Gasteiger partial charge in [0.25, 0.3) is 0 Å². The van der Waals surface area contributed by atoms with Gasteiger partial charge in [-0.25, -0.2) is 0 Å². The third kappa shape index (κ3) is 3.53. The van der Waals surface area contributed by atoms with Gasteiger partial charge >= 0.3 is 0 Å². The predicted octanol–water partition coefficient (Wildman–Crippen LogP) is 2.57. The summed E-state index contributed by atoms with van der Waals surface area (Å²) in [6.07, 6.45) is 1.88. The molecule has 0 saturated heterocycles. The van der Waals surface area contributed by atoms with E-state index in [1.165, 1.54) is 5.56 Å². The Morgan fingerprint density at radius 3 is 2.67 bits per heavy atom. The molecule has 0 amide bonds. The summed E-state index contributed by atoms with van der Waals surface area (Å²) in [5.74, 6) is 1.31. The van der Waals surface area contributed by atoms with Crippen molar-refractivity contribution in [1.29, 1.82) is 0 Å². The smallest absolute Gasteiger partial charge is 0.240 e. The Kier molecular flexibility index (Phi) is 4.25. The maximum Gasteiger partial charge on any atom is 0.240 e. The maximum absolute atomic E-state index is 5.14. The Morgan fingerprint density at radius 1 is 1.28 bits per heavy atom. The molecule has 1 aromatic carbocycles. The molecular weight excluding hydrogens is 226 g/mol. The van der Waals surface area contributed by atoms with Crippen molar-refractivity contribution in [3.8, 4) is 0 Å². The molecule has 0 bridgehead atoms. The molecule has 0 radical (unpaired) electrons. The minimum absolute atomic E-state index is 0.641. The van der Waals surface area contributed by atoms with Gasteiger partial charge in [-0.2, -0.15) is 4.98 Å². The zero-order valence-corrected chi connectivity index (χ0v) is 10.5. The van der Waals surface area contributed by atoms with E-state index in [1.807, 2.05) is 31.2 Å². The maximum atomic E-state index is 5.14. The predicted molar refractivity (Wildman–Crippen MR) is 69.8 cm³/mol. The molecule has 0 saturated carbocycles. The Bertz CT molecular complexity index is 493. The molecule has 4 heteroatoms. The van der Waals surface area contributed by atoms with Crippen LogP contribution in [0.5, 0.6) is 0 Å². The second-order valence-electron chi connectivity index (χ2n) is 4.18. The number of benzene rings is 1. The van der Waals surface area contributed by atoms with Crippen molar-refractivity contribution in [1.82, 2.24) is 15.0 Å². The van der Waals surface area contributed by atoms with Crippen LogP contribution in [0, 0.1) is 6.92 Å². The minimum Gasteiger partial charge on any atom is -0.338 e. The van der Waals surface area contributed by atoms with Crippen LogP contribution in [0.2, 0.25) is 0 Å². The number of hydrogen-bond acceptors (Lipinski definition) is 4. The third-order valence-corrected chi connectivity index (χ3v) is 2.56. The van der Waals surface area contributed by atoms with Crippen molar-refractivity contribution in [3.63, 3.8) is 0 Å². The molecule has 0 aliphatic carbocycles. The first-order valence-corrected chi connectivity index (χ1v) is 5.94. The van der Waals surface area contributed by atoms with Crippen LogP contribution in [0.15, 0.2) is 47.5 Å². The van der Waals surface area contributed by atoms with Crippen LogP contribution in [0.4, 0.5) is 0 Å². The molecule has 2 aromatic rings. The highest BCUT2D eigenvalue weighted by Gasteiger charge is 2.10. The molecule has 1 heterocycles. The molecule has 1 aromatic heterocycles. The lowest BCUT2D eigenvalue weighted by atomic mass is 10.2. The van der Waals surface area contributed by atoms with E-state index in [1.54, 1.807) is 0 Å². The SMILES string of the molecule is C=CCN(Cc1ccccc1)Cc1nc(C)no1. The largest absolute Gasteiger partial charge is 0.338 e. The first kappa shape index (κ1) is 12.5. The van der Waals surface area contributed by atoms with Crippen LogP contribution in [0.25, 0.3) is 0 Å². The van der Waals surface area contributed by atoms with E-state index in [2.05, 4.69) is 33.8 Å². The Balaban J connectivity index is 2.02. The number of nitrogens with zero attached hydrogens (tertiary/aromatic N) is 3. The van der Waals surface area contributed by atoms with Crippen LogP contribution in [0.3, 0.4) is 0 Å². The molecule has 0 aliphatic rings. The van der Waals surface area contributed by atoms with Crippen LogP contribution in [0.1, 0.15) is 17.3 Å². The summed E-state index contributed by atoms with van der Waals surface area (Å²) in [6.45, 7) is 7.87. The number of hydrogen-bond donors (Lipinski definition) is 0. The monoisotopic (exact) mass is 243 g/mol. The third-order valence-electron chi connectivity index (χ3n) is 2.56. The summed E-state index contributed by atoms with van der Waals surface area (Å²) in [4.78, 5) is 6.42. The van der Waals surface area contributed by atoms with E-state index in [0.29, 0.717) is 18.3 Å². The van der Waals surface area contributed by atoms with Gasteiger partial charge in [-0.3, -0.25) is 4.90 Å². The summed E-state index contributed by atoms with van der Waals surface area (Å²) in [6, 6.07) is 10.3. The van der Waals surface area contributed by atoms with Gasteiger partial charge in [0.2, 0.25) is 5.89 Å². The summed E-state index contributed by atoms with van der Waals surface area (Å²) < 4.78 is 5.14. The van der Waals surface area contributed by atoms with Crippen LogP contribution >= 0.6 is 0 Å². The highest BCUT2D eigenvalue weighted by molar-refractivity contribution is 5.14. The Labute approximate surface area is 107 Å². The first-order chi connectivity index (χ1) is 8.78. The molecular formula is C14H17N3O. The molecule has 18 heavy (non-hydrogen) atoms. The molecule has 0 spiro atoms. The molecule has 0 atom stereocenters. The second kappa shape index (κ2) is 6.12. The molecule has 0 fully saturated rings. The second-order valence-corrected chi connectivity index (χ2v) is 4.18. The van der Waals surface area contributed by atoms with Gasteiger partial charge in [-0.15, -0.1) is 6.58 Å². The van der Waals surface area contributed by atoms with E-state index < -0.39 is 0 Å². The Hall–Kier alpha value is -1.94. The van der Waals surface area contributed by atoms with Crippen molar-refractivity contribution in [2.75, 3.05) is 6.54 Å². The van der Waals surface area contributed by atoms with Gasteiger partial charge < -0.3 is 4.52 Å². The molecule has 0 unspecified atom stereocenters.